The lowest BCUT2D eigenvalue weighted by atomic mass is 10.1. The highest BCUT2D eigenvalue weighted by molar-refractivity contribution is 5.91. The van der Waals surface area contributed by atoms with E-state index in [1.807, 2.05) is 13.0 Å². The summed E-state index contributed by atoms with van der Waals surface area (Å²) in [7, 11) is 1.51. The van der Waals surface area contributed by atoms with E-state index in [1.54, 1.807) is 18.2 Å². The van der Waals surface area contributed by atoms with Gasteiger partial charge in [-0.05, 0) is 38.1 Å². The van der Waals surface area contributed by atoms with E-state index in [2.05, 4.69) is 5.10 Å². The van der Waals surface area contributed by atoms with Gasteiger partial charge in [-0.3, -0.25) is 9.59 Å². The van der Waals surface area contributed by atoms with Gasteiger partial charge in [0.25, 0.3) is 5.91 Å². The molecule has 1 heterocycles. The van der Waals surface area contributed by atoms with Gasteiger partial charge in [-0.1, -0.05) is 24.3 Å². The first-order valence-electron chi connectivity index (χ1n) is 9.86. The number of carbonyl (C=O) groups is 1. The largest absolute Gasteiger partial charge is 0.494 e. The van der Waals surface area contributed by atoms with E-state index in [-0.39, 0.29) is 17.9 Å². The fourth-order valence-corrected chi connectivity index (χ4v) is 3.21. The van der Waals surface area contributed by atoms with E-state index >= 15 is 0 Å². The third-order valence-electron chi connectivity index (χ3n) is 4.75. The number of rotatable bonds is 6. The molecule has 3 aromatic rings. The Bertz CT molecular complexity index is 1190. The van der Waals surface area contributed by atoms with E-state index in [1.165, 1.54) is 37.1 Å². The molecule has 0 radical (unpaired) electrons. The third kappa shape index (κ3) is 4.99. The SMILES string of the molecule is CCOc1ccccc1CN(C)C(=O)c1nn(-c2cccc(C(F)(F)F)c2)c(C)cc1=O. The number of hydrogen-bond donors (Lipinski definition) is 0. The molecule has 0 bridgehead atoms. The molecule has 6 nitrogen and oxygen atoms in total. The summed E-state index contributed by atoms with van der Waals surface area (Å²) in [4.78, 5) is 26.8. The highest BCUT2D eigenvalue weighted by Crippen LogP contribution is 2.30. The lowest BCUT2D eigenvalue weighted by molar-refractivity contribution is -0.137. The van der Waals surface area contributed by atoms with Crippen molar-refractivity contribution in [1.29, 1.82) is 0 Å². The van der Waals surface area contributed by atoms with Crippen LogP contribution in [0.15, 0.2) is 59.4 Å². The molecule has 3 rings (SSSR count). The summed E-state index contributed by atoms with van der Waals surface area (Å²) in [5.74, 6) is -0.0325. The van der Waals surface area contributed by atoms with Gasteiger partial charge < -0.3 is 9.64 Å². The molecule has 1 aromatic heterocycles. The molecule has 0 aliphatic rings. The minimum Gasteiger partial charge on any atom is -0.494 e. The molecule has 0 fully saturated rings. The van der Waals surface area contributed by atoms with Crippen LogP contribution in [-0.2, 0) is 12.7 Å². The first kappa shape index (κ1) is 23.1. The second-order valence-corrected chi connectivity index (χ2v) is 7.16. The molecule has 0 atom stereocenters. The van der Waals surface area contributed by atoms with Gasteiger partial charge in [-0.25, -0.2) is 4.68 Å². The van der Waals surface area contributed by atoms with Crippen molar-refractivity contribution in [2.45, 2.75) is 26.6 Å². The van der Waals surface area contributed by atoms with Crippen LogP contribution in [0.25, 0.3) is 5.69 Å². The fourth-order valence-electron chi connectivity index (χ4n) is 3.21. The third-order valence-corrected chi connectivity index (χ3v) is 4.75. The number of aromatic nitrogens is 2. The average molecular weight is 445 g/mol. The van der Waals surface area contributed by atoms with Crippen molar-refractivity contribution in [3.8, 4) is 11.4 Å². The van der Waals surface area contributed by atoms with Gasteiger partial charge in [-0.15, -0.1) is 0 Å². The van der Waals surface area contributed by atoms with Crippen molar-refractivity contribution in [1.82, 2.24) is 14.7 Å². The van der Waals surface area contributed by atoms with Crippen molar-refractivity contribution in [3.63, 3.8) is 0 Å². The fraction of sp³-hybridized carbons (Fsp3) is 0.261. The van der Waals surface area contributed by atoms with Gasteiger partial charge in [0.2, 0.25) is 5.43 Å². The number of nitrogens with zero attached hydrogens (tertiary/aromatic N) is 3. The van der Waals surface area contributed by atoms with Crippen LogP contribution in [0.1, 0.15) is 34.2 Å². The summed E-state index contributed by atoms with van der Waals surface area (Å²) in [6.07, 6.45) is -4.53. The Hall–Kier alpha value is -3.62. The van der Waals surface area contributed by atoms with Crippen LogP contribution >= 0.6 is 0 Å². The summed E-state index contributed by atoms with van der Waals surface area (Å²) in [6.45, 7) is 3.99. The summed E-state index contributed by atoms with van der Waals surface area (Å²) in [5, 5.41) is 4.10. The molecule has 168 valence electrons. The van der Waals surface area contributed by atoms with Crippen LogP contribution in [-0.4, -0.2) is 34.2 Å². The van der Waals surface area contributed by atoms with Crippen LogP contribution < -0.4 is 10.2 Å². The Morgan fingerprint density at radius 2 is 1.84 bits per heavy atom. The smallest absolute Gasteiger partial charge is 0.416 e. The zero-order valence-corrected chi connectivity index (χ0v) is 17.8. The molecule has 0 spiro atoms. The Morgan fingerprint density at radius 3 is 2.53 bits per heavy atom. The van der Waals surface area contributed by atoms with E-state index in [4.69, 9.17) is 4.74 Å². The van der Waals surface area contributed by atoms with Gasteiger partial charge in [0, 0.05) is 30.9 Å². The summed E-state index contributed by atoms with van der Waals surface area (Å²) < 4.78 is 46.0. The van der Waals surface area contributed by atoms with Crippen molar-refractivity contribution < 1.29 is 22.7 Å². The maximum Gasteiger partial charge on any atom is 0.416 e. The molecule has 0 saturated heterocycles. The van der Waals surface area contributed by atoms with E-state index < -0.39 is 23.1 Å². The quantitative estimate of drug-likeness (QED) is 0.570. The van der Waals surface area contributed by atoms with Crippen LogP contribution in [0, 0.1) is 6.92 Å². The van der Waals surface area contributed by atoms with Crippen molar-refractivity contribution in [3.05, 3.63) is 87.3 Å². The maximum absolute atomic E-state index is 13.1. The minimum absolute atomic E-state index is 0.0933. The average Bonchev–Trinajstić information content (AvgIpc) is 2.74. The number of hydrogen-bond acceptors (Lipinski definition) is 4. The Balaban J connectivity index is 1.96. The lowest BCUT2D eigenvalue weighted by Gasteiger charge is -2.19. The number of alkyl halides is 3. The van der Waals surface area contributed by atoms with E-state index in [0.717, 1.165) is 22.4 Å². The number of para-hydroxylation sites is 1. The van der Waals surface area contributed by atoms with Gasteiger partial charge in [-0.2, -0.15) is 18.3 Å². The van der Waals surface area contributed by atoms with E-state index in [9.17, 15) is 22.8 Å². The molecular formula is C23H22F3N3O3. The second-order valence-electron chi connectivity index (χ2n) is 7.16. The number of halogens is 3. The van der Waals surface area contributed by atoms with Crippen LogP contribution in [0.3, 0.4) is 0 Å². The Morgan fingerprint density at radius 1 is 1.12 bits per heavy atom. The molecule has 0 aliphatic heterocycles. The highest BCUT2D eigenvalue weighted by Gasteiger charge is 2.30. The number of amides is 1. The van der Waals surface area contributed by atoms with Gasteiger partial charge >= 0.3 is 6.18 Å². The lowest BCUT2D eigenvalue weighted by Crippen LogP contribution is -2.33. The number of ether oxygens (including phenoxy) is 1. The predicted molar refractivity (Wildman–Crippen MR) is 113 cm³/mol. The molecule has 32 heavy (non-hydrogen) atoms. The number of aryl methyl sites for hydroxylation is 1. The topological polar surface area (TPSA) is 64.4 Å². The molecule has 0 aliphatic carbocycles. The minimum atomic E-state index is -4.53. The molecule has 0 unspecified atom stereocenters. The number of carbonyl (C=O) groups excluding carboxylic acids is 1. The molecule has 2 aromatic carbocycles. The van der Waals surface area contributed by atoms with Crippen molar-refractivity contribution in [2.24, 2.45) is 0 Å². The first-order chi connectivity index (χ1) is 15.1. The van der Waals surface area contributed by atoms with E-state index in [0.29, 0.717) is 18.1 Å². The first-order valence-corrected chi connectivity index (χ1v) is 9.86. The molecule has 9 heteroatoms. The zero-order valence-electron chi connectivity index (χ0n) is 17.8. The number of benzene rings is 2. The summed E-state index contributed by atoms with van der Waals surface area (Å²) in [5.41, 5.74) is -0.709. The Kier molecular flexibility index (Phi) is 6.67. The molecule has 0 saturated carbocycles. The summed E-state index contributed by atoms with van der Waals surface area (Å²) >= 11 is 0. The van der Waals surface area contributed by atoms with Crippen molar-refractivity contribution in [2.75, 3.05) is 13.7 Å². The van der Waals surface area contributed by atoms with Gasteiger partial charge in [0.1, 0.15) is 5.75 Å². The van der Waals surface area contributed by atoms with Gasteiger partial charge in [0.05, 0.1) is 17.9 Å². The Labute approximate surface area is 182 Å². The maximum atomic E-state index is 13.1. The highest BCUT2D eigenvalue weighted by atomic mass is 19.4. The normalized spacial score (nSPS) is 11.3. The molecule has 0 N–H and O–H groups in total. The monoisotopic (exact) mass is 445 g/mol. The molecular weight excluding hydrogens is 423 g/mol. The predicted octanol–water partition coefficient (Wildman–Crippen LogP) is 4.23. The van der Waals surface area contributed by atoms with Crippen LogP contribution in [0.2, 0.25) is 0 Å². The van der Waals surface area contributed by atoms with Crippen LogP contribution in [0.4, 0.5) is 13.2 Å². The van der Waals surface area contributed by atoms with Crippen LogP contribution in [0.5, 0.6) is 5.75 Å². The zero-order chi connectivity index (χ0) is 23.5. The second kappa shape index (κ2) is 9.25. The standard InChI is InChI=1S/C23H22F3N3O3/c1-4-32-20-11-6-5-8-16(20)14-28(3)22(31)21-19(30)12-15(2)29(27-21)18-10-7-9-17(13-18)23(24,25)26/h5-13H,4,14H2,1-3H3. The summed E-state index contributed by atoms with van der Waals surface area (Å²) in [6, 6.07) is 12.9. The van der Waals surface area contributed by atoms with Gasteiger partial charge in [0.15, 0.2) is 5.69 Å². The van der Waals surface area contributed by atoms with Crippen molar-refractivity contribution >= 4 is 5.91 Å². The molecule has 1 amide bonds.